The van der Waals surface area contributed by atoms with E-state index in [1.165, 1.54) is 24.3 Å². The highest BCUT2D eigenvalue weighted by molar-refractivity contribution is 5.88. The van der Waals surface area contributed by atoms with Crippen LogP contribution in [0.3, 0.4) is 0 Å². The number of benzene rings is 2. The first-order chi connectivity index (χ1) is 12.0. The van der Waals surface area contributed by atoms with Crippen molar-refractivity contribution >= 4 is 33.2 Å². The van der Waals surface area contributed by atoms with Crippen molar-refractivity contribution in [1.82, 2.24) is 9.97 Å². The summed E-state index contributed by atoms with van der Waals surface area (Å²) in [5.41, 5.74) is 3.51. The second-order valence-corrected chi connectivity index (χ2v) is 5.78. The fourth-order valence-electron chi connectivity index (χ4n) is 3.07. The van der Waals surface area contributed by atoms with Gasteiger partial charge in [-0.2, -0.15) is 0 Å². The molecule has 2 aromatic heterocycles. The van der Waals surface area contributed by atoms with Crippen molar-refractivity contribution in [1.29, 1.82) is 0 Å². The zero-order chi connectivity index (χ0) is 17.6. The monoisotopic (exact) mass is 336 g/mol. The Morgan fingerprint density at radius 1 is 0.760 bits per heavy atom. The number of non-ortho nitro benzene ring substituents is 2. The summed E-state index contributed by atoms with van der Waals surface area (Å²) in [4.78, 5) is 27.0. The van der Waals surface area contributed by atoms with Gasteiger partial charge < -0.3 is 9.97 Å². The molecule has 2 N–H and O–H groups in total. The summed E-state index contributed by atoms with van der Waals surface area (Å²) in [5.74, 6) is 0. The molecule has 0 aliphatic rings. The predicted octanol–water partition coefficient (Wildman–Crippen LogP) is 4.06. The zero-order valence-corrected chi connectivity index (χ0v) is 12.9. The van der Waals surface area contributed by atoms with Gasteiger partial charge in [-0.1, -0.05) is 0 Å². The number of nitro benzene ring substituents is 2. The molecular formula is C17H12N4O4. The van der Waals surface area contributed by atoms with Crippen LogP contribution in [0, 0.1) is 20.2 Å². The second-order valence-electron chi connectivity index (χ2n) is 5.78. The number of hydrogen-bond donors (Lipinski definition) is 2. The lowest BCUT2D eigenvalue weighted by molar-refractivity contribution is -0.384. The van der Waals surface area contributed by atoms with Gasteiger partial charge in [0.15, 0.2) is 0 Å². The van der Waals surface area contributed by atoms with E-state index >= 15 is 0 Å². The number of aromatic nitrogens is 2. The van der Waals surface area contributed by atoms with E-state index in [-0.39, 0.29) is 11.4 Å². The number of nitro groups is 2. The maximum absolute atomic E-state index is 10.9. The normalized spacial score (nSPS) is 11.2. The summed E-state index contributed by atoms with van der Waals surface area (Å²) in [6.45, 7) is 0. The number of nitrogens with zero attached hydrogens (tertiary/aromatic N) is 2. The number of hydrogen-bond acceptors (Lipinski definition) is 4. The third kappa shape index (κ3) is 2.49. The molecule has 8 heteroatoms. The maximum atomic E-state index is 10.9. The minimum Gasteiger partial charge on any atom is -0.361 e. The van der Waals surface area contributed by atoms with Crippen LogP contribution >= 0.6 is 0 Å². The summed E-state index contributed by atoms with van der Waals surface area (Å²) in [5, 5.41) is 23.6. The summed E-state index contributed by atoms with van der Waals surface area (Å²) < 4.78 is 0. The molecule has 0 saturated heterocycles. The Morgan fingerprint density at radius 2 is 1.20 bits per heavy atom. The molecule has 0 bridgehead atoms. The maximum Gasteiger partial charge on any atom is 0.271 e. The molecule has 0 radical (unpaired) electrons. The zero-order valence-electron chi connectivity index (χ0n) is 12.9. The lowest BCUT2D eigenvalue weighted by Crippen LogP contribution is -1.89. The van der Waals surface area contributed by atoms with Gasteiger partial charge in [0.05, 0.1) is 20.9 Å². The molecule has 8 nitrogen and oxygen atoms in total. The van der Waals surface area contributed by atoms with E-state index in [1.54, 1.807) is 12.1 Å². The first-order valence-corrected chi connectivity index (χ1v) is 7.52. The number of aromatic amines is 2. The van der Waals surface area contributed by atoms with E-state index in [4.69, 9.17) is 0 Å². The SMILES string of the molecule is O=[N+]([O-])c1ccc2c(Cc3c[nH]c4cc([N+](=O)[O-])ccc34)c[nH]c2c1. The summed E-state index contributed by atoms with van der Waals surface area (Å²) in [7, 11) is 0. The Kier molecular flexibility index (Phi) is 3.24. The third-order valence-corrected chi connectivity index (χ3v) is 4.30. The standard InChI is InChI=1S/C17H12N4O4/c22-20(23)12-1-3-14-10(8-18-16(14)6-12)5-11-9-19-17-7-13(21(24)25)2-4-15(11)17/h1-4,6-9,18-19H,5H2. The quantitative estimate of drug-likeness (QED) is 0.431. The van der Waals surface area contributed by atoms with Gasteiger partial charge in [0, 0.05) is 53.9 Å². The number of rotatable bonds is 4. The second kappa shape index (κ2) is 5.45. The van der Waals surface area contributed by atoms with Crippen LogP contribution in [0.1, 0.15) is 11.1 Å². The van der Waals surface area contributed by atoms with E-state index in [0.717, 1.165) is 21.9 Å². The van der Waals surface area contributed by atoms with Crippen LogP contribution in [0.2, 0.25) is 0 Å². The van der Waals surface area contributed by atoms with Crippen LogP contribution in [0.5, 0.6) is 0 Å². The summed E-state index contributed by atoms with van der Waals surface area (Å²) in [6, 6.07) is 9.46. The highest BCUT2D eigenvalue weighted by atomic mass is 16.6. The summed E-state index contributed by atoms with van der Waals surface area (Å²) >= 11 is 0. The van der Waals surface area contributed by atoms with Crippen LogP contribution < -0.4 is 0 Å². The van der Waals surface area contributed by atoms with Gasteiger partial charge in [0.2, 0.25) is 0 Å². The van der Waals surface area contributed by atoms with Gasteiger partial charge >= 0.3 is 0 Å². The summed E-state index contributed by atoms with van der Waals surface area (Å²) in [6.07, 6.45) is 4.27. The topological polar surface area (TPSA) is 118 Å². The molecule has 0 fully saturated rings. The van der Waals surface area contributed by atoms with Crippen molar-refractivity contribution in [3.8, 4) is 0 Å². The average Bonchev–Trinajstić information content (AvgIpc) is 3.18. The molecule has 4 rings (SSSR count). The average molecular weight is 336 g/mol. The molecule has 0 unspecified atom stereocenters. The van der Waals surface area contributed by atoms with Gasteiger partial charge in [-0.3, -0.25) is 20.2 Å². The fraction of sp³-hybridized carbons (Fsp3) is 0.0588. The third-order valence-electron chi connectivity index (χ3n) is 4.30. The predicted molar refractivity (Wildman–Crippen MR) is 92.7 cm³/mol. The van der Waals surface area contributed by atoms with Crippen molar-refractivity contribution in [2.24, 2.45) is 0 Å². The molecular weight excluding hydrogens is 324 g/mol. The van der Waals surface area contributed by atoms with Crippen molar-refractivity contribution in [2.45, 2.75) is 6.42 Å². The molecule has 2 heterocycles. The first-order valence-electron chi connectivity index (χ1n) is 7.52. The molecule has 25 heavy (non-hydrogen) atoms. The molecule has 4 aromatic rings. The Balaban J connectivity index is 1.73. The van der Waals surface area contributed by atoms with Crippen LogP contribution in [0.15, 0.2) is 48.8 Å². The Morgan fingerprint density at radius 3 is 1.60 bits per heavy atom. The molecule has 0 saturated carbocycles. The minimum atomic E-state index is -0.424. The van der Waals surface area contributed by atoms with Crippen LogP contribution in [0.4, 0.5) is 11.4 Å². The van der Waals surface area contributed by atoms with Crippen molar-refractivity contribution in [2.75, 3.05) is 0 Å². The fourth-order valence-corrected chi connectivity index (χ4v) is 3.07. The Hall–Kier alpha value is -3.68. The van der Waals surface area contributed by atoms with Crippen molar-refractivity contribution < 1.29 is 9.85 Å². The number of fused-ring (bicyclic) bond motifs is 2. The lowest BCUT2D eigenvalue weighted by Gasteiger charge is -1.99. The molecule has 0 aliphatic carbocycles. The molecule has 0 aliphatic heterocycles. The molecule has 124 valence electrons. The van der Waals surface area contributed by atoms with Gasteiger partial charge in [0.25, 0.3) is 11.4 Å². The molecule has 0 atom stereocenters. The highest BCUT2D eigenvalue weighted by Gasteiger charge is 2.13. The van der Waals surface area contributed by atoms with E-state index in [1.807, 2.05) is 12.4 Å². The van der Waals surface area contributed by atoms with E-state index in [2.05, 4.69) is 9.97 Å². The minimum absolute atomic E-state index is 0.0419. The van der Waals surface area contributed by atoms with Crippen LogP contribution in [-0.2, 0) is 6.42 Å². The highest BCUT2D eigenvalue weighted by Crippen LogP contribution is 2.29. The van der Waals surface area contributed by atoms with Gasteiger partial charge in [-0.05, 0) is 23.3 Å². The Bertz CT molecular complexity index is 1050. The van der Waals surface area contributed by atoms with Gasteiger partial charge in [-0.15, -0.1) is 0 Å². The first kappa shape index (κ1) is 14.9. The van der Waals surface area contributed by atoms with E-state index in [9.17, 15) is 20.2 Å². The van der Waals surface area contributed by atoms with E-state index in [0.29, 0.717) is 17.5 Å². The number of H-pyrrole nitrogens is 2. The Labute approximate surface area is 140 Å². The van der Waals surface area contributed by atoms with Gasteiger partial charge in [-0.25, -0.2) is 0 Å². The van der Waals surface area contributed by atoms with Gasteiger partial charge in [0.1, 0.15) is 0 Å². The van der Waals surface area contributed by atoms with Crippen LogP contribution in [0.25, 0.3) is 21.8 Å². The molecule has 0 amide bonds. The van der Waals surface area contributed by atoms with Crippen LogP contribution in [-0.4, -0.2) is 19.8 Å². The largest absolute Gasteiger partial charge is 0.361 e. The lowest BCUT2D eigenvalue weighted by atomic mass is 10.0. The number of nitrogens with one attached hydrogen (secondary N) is 2. The smallest absolute Gasteiger partial charge is 0.271 e. The molecule has 2 aromatic carbocycles. The van der Waals surface area contributed by atoms with Crippen molar-refractivity contribution in [3.63, 3.8) is 0 Å². The van der Waals surface area contributed by atoms with E-state index < -0.39 is 9.85 Å². The van der Waals surface area contributed by atoms with Crippen molar-refractivity contribution in [3.05, 3.63) is 80.1 Å². The molecule has 0 spiro atoms.